The van der Waals surface area contributed by atoms with Crippen LogP contribution in [0.15, 0.2) is 52.5 Å². The quantitative estimate of drug-likeness (QED) is 0.356. The molecule has 0 aliphatic carbocycles. The topological polar surface area (TPSA) is 102 Å². The van der Waals surface area contributed by atoms with E-state index in [-0.39, 0.29) is 22.6 Å². The van der Waals surface area contributed by atoms with Gasteiger partial charge in [0.15, 0.2) is 0 Å². The van der Waals surface area contributed by atoms with Crippen molar-refractivity contribution in [3.05, 3.63) is 68.2 Å². The second kappa shape index (κ2) is 6.96. The number of hydrogen-bond acceptors (Lipinski definition) is 5. The van der Waals surface area contributed by atoms with E-state index in [0.29, 0.717) is 10.2 Å². The van der Waals surface area contributed by atoms with Crippen LogP contribution in [-0.4, -0.2) is 23.8 Å². The van der Waals surface area contributed by atoms with Gasteiger partial charge in [0.1, 0.15) is 5.57 Å². The zero-order valence-corrected chi connectivity index (χ0v) is 15.0. The van der Waals surface area contributed by atoms with Crippen molar-refractivity contribution >= 4 is 45.2 Å². The number of benzene rings is 2. The Bertz CT molecular complexity index is 943. The molecular formula is C17H12BrN3O5. The molecule has 3 rings (SSSR count). The summed E-state index contributed by atoms with van der Waals surface area (Å²) in [4.78, 5) is 35.5. The lowest BCUT2D eigenvalue weighted by Crippen LogP contribution is -2.35. The first kappa shape index (κ1) is 17.6. The molecule has 8 nitrogen and oxygen atoms in total. The summed E-state index contributed by atoms with van der Waals surface area (Å²) < 4.78 is 5.54. The van der Waals surface area contributed by atoms with Crippen molar-refractivity contribution in [2.45, 2.75) is 0 Å². The third-order valence-corrected chi connectivity index (χ3v) is 4.13. The smallest absolute Gasteiger partial charge is 0.312 e. The van der Waals surface area contributed by atoms with E-state index in [0.717, 1.165) is 5.01 Å². The molecule has 0 atom stereocenters. The Morgan fingerprint density at radius 2 is 1.92 bits per heavy atom. The molecule has 0 unspecified atom stereocenters. The standard InChI is InChI=1S/C17H12BrN3O5/c1-26-15-10(7-11(18)9-14(15)21(24)25)8-13-16(22)19-20(17(13)23)12-5-3-2-4-6-12/h2-9H,1H3,(H,19,22). The second-order valence-corrected chi connectivity index (χ2v) is 6.20. The zero-order valence-electron chi connectivity index (χ0n) is 13.4. The number of hydrogen-bond donors (Lipinski definition) is 1. The first-order valence-electron chi connectivity index (χ1n) is 7.36. The average Bonchev–Trinajstić information content (AvgIpc) is 2.90. The van der Waals surface area contributed by atoms with Crippen molar-refractivity contribution in [3.8, 4) is 5.75 Å². The fraction of sp³-hybridized carbons (Fsp3) is 0.0588. The van der Waals surface area contributed by atoms with Crippen LogP contribution in [0.2, 0.25) is 0 Å². The number of para-hydroxylation sites is 1. The Kier molecular flexibility index (Phi) is 4.72. The van der Waals surface area contributed by atoms with E-state index in [9.17, 15) is 19.7 Å². The van der Waals surface area contributed by atoms with Gasteiger partial charge in [0.05, 0.1) is 17.7 Å². The van der Waals surface area contributed by atoms with Crippen molar-refractivity contribution < 1.29 is 19.2 Å². The summed E-state index contributed by atoms with van der Waals surface area (Å²) in [5.41, 5.74) is 2.78. The van der Waals surface area contributed by atoms with E-state index in [2.05, 4.69) is 21.4 Å². The molecule has 2 amide bonds. The largest absolute Gasteiger partial charge is 0.490 e. The molecule has 0 aromatic heterocycles. The predicted octanol–water partition coefficient (Wildman–Crippen LogP) is 2.83. The highest BCUT2D eigenvalue weighted by molar-refractivity contribution is 9.10. The summed E-state index contributed by atoms with van der Waals surface area (Å²) in [6, 6.07) is 11.4. The van der Waals surface area contributed by atoms with Crippen LogP contribution in [0.3, 0.4) is 0 Å². The maximum atomic E-state index is 12.6. The van der Waals surface area contributed by atoms with E-state index in [1.54, 1.807) is 30.3 Å². The van der Waals surface area contributed by atoms with E-state index in [1.807, 2.05) is 0 Å². The number of nitro groups is 1. The number of hydrazine groups is 1. The number of amides is 2. The molecule has 0 bridgehead atoms. The molecule has 1 fully saturated rings. The molecule has 2 aromatic rings. The van der Waals surface area contributed by atoms with Gasteiger partial charge in [-0.25, -0.2) is 5.01 Å². The number of carbonyl (C=O) groups excluding carboxylic acids is 2. The summed E-state index contributed by atoms with van der Waals surface area (Å²) in [6.45, 7) is 0. The van der Waals surface area contributed by atoms with Crippen LogP contribution in [0.5, 0.6) is 5.75 Å². The van der Waals surface area contributed by atoms with E-state index in [1.165, 1.54) is 25.3 Å². The normalized spacial score (nSPS) is 15.3. The number of carbonyl (C=O) groups is 2. The molecule has 1 aliphatic heterocycles. The van der Waals surface area contributed by atoms with Crippen molar-refractivity contribution in [1.29, 1.82) is 0 Å². The van der Waals surface area contributed by atoms with Crippen LogP contribution in [0.4, 0.5) is 11.4 Å². The highest BCUT2D eigenvalue weighted by atomic mass is 79.9. The minimum atomic E-state index is -0.608. The van der Waals surface area contributed by atoms with Crippen LogP contribution in [0.1, 0.15) is 5.56 Å². The zero-order chi connectivity index (χ0) is 18.8. The number of nitrogens with zero attached hydrogens (tertiary/aromatic N) is 2. The van der Waals surface area contributed by atoms with Gasteiger partial charge in [-0.3, -0.25) is 25.1 Å². The summed E-state index contributed by atoms with van der Waals surface area (Å²) >= 11 is 3.19. The van der Waals surface area contributed by atoms with Gasteiger partial charge in [0.2, 0.25) is 5.75 Å². The SMILES string of the molecule is COc1c(C=C2C(=O)NN(c3ccccc3)C2=O)cc(Br)cc1[N+](=O)[O-]. The number of anilines is 1. The van der Waals surface area contributed by atoms with Gasteiger partial charge in [-0.2, -0.15) is 0 Å². The van der Waals surface area contributed by atoms with Gasteiger partial charge in [0, 0.05) is 16.1 Å². The number of ether oxygens (including phenoxy) is 1. The third-order valence-electron chi connectivity index (χ3n) is 3.67. The molecule has 0 spiro atoms. The average molecular weight is 418 g/mol. The molecule has 9 heteroatoms. The Labute approximate surface area is 156 Å². The van der Waals surface area contributed by atoms with Crippen molar-refractivity contribution in [1.82, 2.24) is 5.43 Å². The van der Waals surface area contributed by atoms with E-state index in [4.69, 9.17) is 4.74 Å². The van der Waals surface area contributed by atoms with Crippen molar-refractivity contribution in [3.63, 3.8) is 0 Å². The Balaban J connectivity index is 2.07. The summed E-state index contributed by atoms with van der Waals surface area (Å²) in [6.07, 6.45) is 1.27. The summed E-state index contributed by atoms with van der Waals surface area (Å²) in [5.74, 6) is -1.21. The lowest BCUT2D eigenvalue weighted by molar-refractivity contribution is -0.385. The molecule has 2 aromatic carbocycles. The fourth-order valence-corrected chi connectivity index (χ4v) is 3.00. The predicted molar refractivity (Wildman–Crippen MR) is 97.4 cm³/mol. The minimum Gasteiger partial charge on any atom is -0.490 e. The molecule has 1 saturated heterocycles. The summed E-state index contributed by atoms with van der Waals surface area (Å²) in [7, 11) is 1.28. The van der Waals surface area contributed by atoms with Crippen molar-refractivity contribution in [2.24, 2.45) is 0 Å². The molecule has 0 saturated carbocycles. The van der Waals surface area contributed by atoms with Gasteiger partial charge in [-0.1, -0.05) is 34.1 Å². The van der Waals surface area contributed by atoms with Crippen LogP contribution in [-0.2, 0) is 9.59 Å². The first-order chi connectivity index (χ1) is 12.4. The first-order valence-corrected chi connectivity index (χ1v) is 8.15. The van der Waals surface area contributed by atoms with Gasteiger partial charge in [0.25, 0.3) is 11.8 Å². The maximum Gasteiger partial charge on any atom is 0.312 e. The summed E-state index contributed by atoms with van der Waals surface area (Å²) in [5, 5.41) is 12.3. The minimum absolute atomic E-state index is 0.0375. The fourth-order valence-electron chi connectivity index (χ4n) is 2.54. The Morgan fingerprint density at radius 3 is 2.54 bits per heavy atom. The highest BCUT2D eigenvalue weighted by Gasteiger charge is 2.35. The second-order valence-electron chi connectivity index (χ2n) is 5.28. The molecule has 1 aliphatic rings. The number of nitrogens with one attached hydrogen (secondary N) is 1. The molecule has 1 N–H and O–H groups in total. The van der Waals surface area contributed by atoms with Gasteiger partial charge in [-0.15, -0.1) is 0 Å². The van der Waals surface area contributed by atoms with Gasteiger partial charge in [-0.05, 0) is 24.3 Å². The number of halogens is 1. The third kappa shape index (κ3) is 3.16. The monoisotopic (exact) mass is 417 g/mol. The van der Waals surface area contributed by atoms with Gasteiger partial charge < -0.3 is 4.74 Å². The van der Waals surface area contributed by atoms with Crippen molar-refractivity contribution in [2.75, 3.05) is 12.1 Å². The number of nitro benzene ring substituents is 1. The molecular weight excluding hydrogens is 406 g/mol. The molecule has 132 valence electrons. The van der Waals surface area contributed by atoms with Crippen LogP contribution >= 0.6 is 15.9 Å². The molecule has 26 heavy (non-hydrogen) atoms. The number of methoxy groups -OCH3 is 1. The van der Waals surface area contributed by atoms with Gasteiger partial charge >= 0.3 is 5.69 Å². The van der Waals surface area contributed by atoms with Crippen LogP contribution in [0, 0.1) is 10.1 Å². The molecule has 1 heterocycles. The highest BCUT2D eigenvalue weighted by Crippen LogP contribution is 2.36. The Hall–Kier alpha value is -3.20. The lowest BCUT2D eigenvalue weighted by Gasteiger charge is -2.13. The Morgan fingerprint density at radius 1 is 1.23 bits per heavy atom. The molecule has 0 radical (unpaired) electrons. The lowest BCUT2D eigenvalue weighted by atomic mass is 10.1. The van der Waals surface area contributed by atoms with E-state index < -0.39 is 16.7 Å². The van der Waals surface area contributed by atoms with E-state index >= 15 is 0 Å². The van der Waals surface area contributed by atoms with Crippen LogP contribution in [0.25, 0.3) is 6.08 Å². The van der Waals surface area contributed by atoms with Crippen LogP contribution < -0.4 is 15.2 Å². The number of rotatable bonds is 4. The maximum absolute atomic E-state index is 12.6.